The second-order valence-electron chi connectivity index (χ2n) is 5.97. The second-order valence-corrected chi connectivity index (χ2v) is 7.85. The van der Waals surface area contributed by atoms with Gasteiger partial charge in [0.05, 0.1) is 15.5 Å². The number of carbonyl (C=O) groups is 1. The van der Waals surface area contributed by atoms with Gasteiger partial charge >= 0.3 is 0 Å². The lowest BCUT2D eigenvalue weighted by atomic mass is 10.0. The molecule has 130 valence electrons. The Bertz CT molecular complexity index is 1110. The number of sulfone groups is 1. The van der Waals surface area contributed by atoms with E-state index in [-0.39, 0.29) is 10.8 Å². The van der Waals surface area contributed by atoms with E-state index >= 15 is 0 Å². The minimum atomic E-state index is -3.51. The number of amides is 1. The Balaban J connectivity index is 1.92. The molecule has 0 saturated carbocycles. The van der Waals surface area contributed by atoms with Crippen LogP contribution < -0.4 is 4.90 Å². The van der Waals surface area contributed by atoms with E-state index in [4.69, 9.17) is 0 Å². The molecule has 5 nitrogen and oxygen atoms in total. The third-order valence-corrected chi connectivity index (χ3v) is 6.32. The zero-order valence-electron chi connectivity index (χ0n) is 14.1. The lowest BCUT2D eigenvalue weighted by Gasteiger charge is -2.23. The molecular formula is C20H16N2O3S. The van der Waals surface area contributed by atoms with Gasteiger partial charge in [0.2, 0.25) is 15.7 Å². The Morgan fingerprint density at radius 3 is 2.35 bits per heavy atom. The highest BCUT2D eigenvalue weighted by Gasteiger charge is 2.33. The van der Waals surface area contributed by atoms with Gasteiger partial charge < -0.3 is 0 Å². The molecule has 26 heavy (non-hydrogen) atoms. The van der Waals surface area contributed by atoms with Gasteiger partial charge in [-0.25, -0.2) is 8.42 Å². The van der Waals surface area contributed by atoms with Crippen LogP contribution in [0, 0.1) is 0 Å². The van der Waals surface area contributed by atoms with E-state index in [0.29, 0.717) is 33.8 Å². The highest BCUT2D eigenvalue weighted by atomic mass is 32.2. The minimum Gasteiger partial charge on any atom is -0.281 e. The van der Waals surface area contributed by atoms with Gasteiger partial charge in [0.25, 0.3) is 0 Å². The SMILES string of the molecule is CCC(=O)N(c1ccncc1)c1ccc2c(c1)-c1ccccc1S2(=O)=O. The smallest absolute Gasteiger partial charge is 0.231 e. The average molecular weight is 364 g/mol. The summed E-state index contributed by atoms with van der Waals surface area (Å²) in [6.45, 7) is 1.80. The van der Waals surface area contributed by atoms with Crippen LogP contribution in [-0.2, 0) is 14.6 Å². The van der Waals surface area contributed by atoms with Gasteiger partial charge in [0.1, 0.15) is 0 Å². The summed E-state index contributed by atoms with van der Waals surface area (Å²) < 4.78 is 25.5. The maximum atomic E-state index is 12.7. The number of carbonyl (C=O) groups excluding carboxylic acids is 1. The van der Waals surface area contributed by atoms with Crippen LogP contribution in [0.2, 0.25) is 0 Å². The summed E-state index contributed by atoms with van der Waals surface area (Å²) in [5.74, 6) is -0.0784. The van der Waals surface area contributed by atoms with Gasteiger partial charge in [-0.1, -0.05) is 25.1 Å². The molecule has 0 unspecified atom stereocenters. The third kappa shape index (κ3) is 2.42. The van der Waals surface area contributed by atoms with Crippen LogP contribution in [0.1, 0.15) is 13.3 Å². The van der Waals surface area contributed by atoms with Crippen molar-refractivity contribution in [3.8, 4) is 11.1 Å². The molecule has 0 radical (unpaired) electrons. The predicted molar refractivity (Wildman–Crippen MR) is 99.0 cm³/mol. The van der Waals surface area contributed by atoms with Crippen molar-refractivity contribution in [1.29, 1.82) is 0 Å². The number of nitrogens with zero attached hydrogens (tertiary/aromatic N) is 2. The van der Waals surface area contributed by atoms with Crippen LogP contribution in [0.4, 0.5) is 11.4 Å². The van der Waals surface area contributed by atoms with Gasteiger partial charge in [-0.15, -0.1) is 0 Å². The molecule has 1 amide bonds. The molecule has 3 aromatic rings. The fourth-order valence-corrected chi connectivity index (χ4v) is 4.90. The van der Waals surface area contributed by atoms with E-state index in [1.54, 1.807) is 72.7 Å². The molecule has 0 fully saturated rings. The molecule has 6 heteroatoms. The fraction of sp³-hybridized carbons (Fsp3) is 0.100. The average Bonchev–Trinajstić information content (AvgIpc) is 2.90. The summed E-state index contributed by atoms with van der Waals surface area (Å²) in [5, 5.41) is 0. The van der Waals surface area contributed by atoms with Crippen LogP contribution in [0.25, 0.3) is 11.1 Å². The number of anilines is 2. The first-order valence-electron chi connectivity index (χ1n) is 8.25. The first-order chi connectivity index (χ1) is 12.5. The molecular weight excluding hydrogens is 348 g/mol. The van der Waals surface area contributed by atoms with E-state index in [1.807, 2.05) is 6.07 Å². The molecule has 0 bridgehead atoms. The van der Waals surface area contributed by atoms with Gasteiger partial charge in [-0.2, -0.15) is 0 Å². The predicted octanol–water partition coefficient (Wildman–Crippen LogP) is 3.97. The quantitative estimate of drug-likeness (QED) is 0.552. The zero-order chi connectivity index (χ0) is 18.3. The Labute approximate surface area is 151 Å². The van der Waals surface area contributed by atoms with Crippen molar-refractivity contribution in [2.24, 2.45) is 0 Å². The maximum absolute atomic E-state index is 12.7. The molecule has 1 aliphatic rings. The van der Waals surface area contributed by atoms with Crippen molar-refractivity contribution in [2.75, 3.05) is 4.90 Å². The lowest BCUT2D eigenvalue weighted by Crippen LogP contribution is -2.24. The summed E-state index contributed by atoms with van der Waals surface area (Å²) in [5.41, 5.74) is 2.62. The normalized spacial score (nSPS) is 13.7. The van der Waals surface area contributed by atoms with Crippen molar-refractivity contribution in [3.05, 3.63) is 67.0 Å². The van der Waals surface area contributed by atoms with Gasteiger partial charge in [-0.05, 0) is 36.4 Å². The third-order valence-electron chi connectivity index (χ3n) is 4.45. The van der Waals surface area contributed by atoms with Crippen molar-refractivity contribution in [2.45, 2.75) is 23.1 Å². The molecule has 4 rings (SSSR count). The van der Waals surface area contributed by atoms with Crippen molar-refractivity contribution < 1.29 is 13.2 Å². The van der Waals surface area contributed by atoms with E-state index < -0.39 is 9.84 Å². The number of rotatable bonds is 3. The molecule has 0 N–H and O–H groups in total. The highest BCUT2D eigenvalue weighted by molar-refractivity contribution is 7.92. The lowest BCUT2D eigenvalue weighted by molar-refractivity contribution is -0.117. The van der Waals surface area contributed by atoms with E-state index in [9.17, 15) is 13.2 Å². The fourth-order valence-electron chi connectivity index (χ4n) is 3.23. The zero-order valence-corrected chi connectivity index (χ0v) is 14.9. The molecule has 1 aromatic heterocycles. The van der Waals surface area contributed by atoms with E-state index in [1.165, 1.54) is 0 Å². The van der Waals surface area contributed by atoms with E-state index in [2.05, 4.69) is 4.98 Å². The Morgan fingerprint density at radius 1 is 0.923 bits per heavy atom. The first kappa shape index (κ1) is 16.5. The largest absolute Gasteiger partial charge is 0.281 e. The summed E-state index contributed by atoms with van der Waals surface area (Å²) in [6, 6.07) is 15.5. The van der Waals surface area contributed by atoms with Gasteiger partial charge in [-0.3, -0.25) is 14.7 Å². The molecule has 2 heterocycles. The number of hydrogen-bond donors (Lipinski definition) is 0. The van der Waals surface area contributed by atoms with Crippen LogP contribution >= 0.6 is 0 Å². The first-order valence-corrected chi connectivity index (χ1v) is 9.74. The van der Waals surface area contributed by atoms with Crippen LogP contribution in [-0.4, -0.2) is 19.3 Å². The second kappa shape index (κ2) is 6.07. The number of fused-ring (bicyclic) bond motifs is 3. The Hall–Kier alpha value is -2.99. The van der Waals surface area contributed by atoms with Crippen LogP contribution in [0.15, 0.2) is 76.8 Å². The minimum absolute atomic E-state index is 0.0784. The van der Waals surface area contributed by atoms with Crippen LogP contribution in [0.3, 0.4) is 0 Å². The molecule has 2 aromatic carbocycles. The van der Waals surface area contributed by atoms with Gasteiger partial charge in [0, 0.05) is 35.6 Å². The topological polar surface area (TPSA) is 67.3 Å². The molecule has 0 spiro atoms. The number of benzene rings is 2. The Morgan fingerprint density at radius 2 is 1.62 bits per heavy atom. The maximum Gasteiger partial charge on any atom is 0.231 e. The summed E-state index contributed by atoms with van der Waals surface area (Å²) in [7, 11) is -3.51. The number of pyridine rings is 1. The monoisotopic (exact) mass is 364 g/mol. The highest BCUT2D eigenvalue weighted by Crippen LogP contribution is 2.45. The van der Waals surface area contributed by atoms with E-state index in [0.717, 1.165) is 0 Å². The molecule has 0 saturated heterocycles. The molecule has 0 atom stereocenters. The summed E-state index contributed by atoms with van der Waals surface area (Å²) >= 11 is 0. The van der Waals surface area contributed by atoms with Gasteiger partial charge in [0.15, 0.2) is 0 Å². The summed E-state index contributed by atoms with van der Waals surface area (Å²) in [6.07, 6.45) is 3.57. The van der Waals surface area contributed by atoms with Crippen molar-refractivity contribution in [3.63, 3.8) is 0 Å². The summed E-state index contributed by atoms with van der Waals surface area (Å²) in [4.78, 5) is 18.8. The molecule has 1 aliphatic heterocycles. The Kier molecular flexibility index (Phi) is 3.85. The molecule has 0 aliphatic carbocycles. The van der Waals surface area contributed by atoms with Crippen molar-refractivity contribution in [1.82, 2.24) is 4.98 Å². The number of hydrogen-bond acceptors (Lipinski definition) is 4. The number of aromatic nitrogens is 1. The standard InChI is InChI=1S/C20H16N2O3S/c1-2-20(23)22(14-9-11-21-12-10-14)15-7-8-19-17(13-15)16-5-3-4-6-18(16)26(19,24)25/h3-13H,2H2,1H3. The van der Waals surface area contributed by atoms with Crippen LogP contribution in [0.5, 0.6) is 0 Å². The van der Waals surface area contributed by atoms with Crippen molar-refractivity contribution >= 4 is 27.1 Å².